The van der Waals surface area contributed by atoms with Crippen LogP contribution in [0.1, 0.15) is 24.1 Å². The van der Waals surface area contributed by atoms with E-state index < -0.39 is 0 Å². The highest BCUT2D eigenvalue weighted by Crippen LogP contribution is 2.33. The first-order valence-corrected chi connectivity index (χ1v) is 13.1. The number of aromatic nitrogens is 3. The zero-order chi connectivity index (χ0) is 25.2. The molecular weight excluding hydrogens is 470 g/mol. The second-order valence-corrected chi connectivity index (χ2v) is 9.95. The van der Waals surface area contributed by atoms with E-state index in [0.717, 1.165) is 66.9 Å². The van der Waals surface area contributed by atoms with Gasteiger partial charge < -0.3 is 29.5 Å². The Morgan fingerprint density at radius 1 is 1.11 bits per heavy atom. The maximum atomic E-state index is 13.0. The van der Waals surface area contributed by atoms with Crippen LogP contribution in [0.25, 0.3) is 10.9 Å². The van der Waals surface area contributed by atoms with Crippen LogP contribution < -0.4 is 19.7 Å². The van der Waals surface area contributed by atoms with Gasteiger partial charge in [0.25, 0.3) is 0 Å². The van der Waals surface area contributed by atoms with Crippen LogP contribution in [-0.2, 0) is 13.0 Å². The number of nitrogens with zero attached hydrogens (tertiary/aromatic N) is 6. The van der Waals surface area contributed by atoms with Gasteiger partial charge in [-0.2, -0.15) is 9.97 Å². The maximum absolute atomic E-state index is 13.0. The predicted octanol–water partition coefficient (Wildman–Crippen LogP) is 2.46. The molecule has 0 unspecified atom stereocenters. The average Bonchev–Trinajstić information content (AvgIpc) is 3.36. The van der Waals surface area contributed by atoms with E-state index in [9.17, 15) is 4.79 Å². The lowest BCUT2D eigenvalue weighted by molar-refractivity contribution is 0.142. The topological polar surface area (TPSA) is 96.0 Å². The number of likely N-dealkylation sites (N-methyl/N-ethyl adjacent to an activating group) is 1. The van der Waals surface area contributed by atoms with Gasteiger partial charge in [0.1, 0.15) is 6.61 Å². The molecule has 3 aromatic rings. The number of hydrogen-bond acceptors (Lipinski definition) is 9. The second kappa shape index (κ2) is 10.5. The zero-order valence-corrected chi connectivity index (χ0v) is 21.2. The molecular formula is C27H33N7O3. The highest BCUT2D eigenvalue weighted by atomic mass is 16.6. The van der Waals surface area contributed by atoms with Gasteiger partial charge >= 0.3 is 12.1 Å². The summed E-state index contributed by atoms with van der Waals surface area (Å²) < 4.78 is 12.0. The number of carbonyl (C=O) groups is 1. The minimum absolute atomic E-state index is 0.267. The van der Waals surface area contributed by atoms with Gasteiger partial charge in [-0.15, -0.1) is 0 Å². The summed E-state index contributed by atoms with van der Waals surface area (Å²) >= 11 is 0. The number of likely N-dealkylation sites (tertiary alicyclic amines) is 1. The Bertz CT molecular complexity index is 1270. The first kappa shape index (κ1) is 23.9. The lowest BCUT2D eigenvalue weighted by atomic mass is 10.0. The number of carbonyl (C=O) groups excluding carboxylic acids is 1. The third-order valence-corrected chi connectivity index (χ3v) is 7.61. The van der Waals surface area contributed by atoms with Crippen LogP contribution in [0, 0.1) is 0 Å². The van der Waals surface area contributed by atoms with Crippen LogP contribution in [0.3, 0.4) is 0 Å². The fourth-order valence-electron chi connectivity index (χ4n) is 5.44. The highest BCUT2D eigenvalue weighted by molar-refractivity contribution is 5.91. The summed E-state index contributed by atoms with van der Waals surface area (Å²) in [6, 6.07) is 10.8. The summed E-state index contributed by atoms with van der Waals surface area (Å²) in [5.41, 5.74) is 3.79. The number of anilines is 1. The predicted molar refractivity (Wildman–Crippen MR) is 140 cm³/mol. The number of pyridine rings is 1. The molecule has 1 amide bonds. The van der Waals surface area contributed by atoms with Crippen LogP contribution in [0.5, 0.6) is 11.9 Å². The Kier molecular flexibility index (Phi) is 6.75. The van der Waals surface area contributed by atoms with E-state index in [1.165, 1.54) is 0 Å². The Morgan fingerprint density at radius 2 is 1.97 bits per heavy atom. The molecule has 3 aliphatic rings. The molecule has 1 aromatic carbocycles. The molecule has 2 fully saturated rings. The average molecular weight is 504 g/mol. The van der Waals surface area contributed by atoms with E-state index in [2.05, 4.69) is 38.2 Å². The molecule has 194 valence electrons. The molecule has 37 heavy (non-hydrogen) atoms. The molecule has 10 nitrogen and oxygen atoms in total. The molecule has 2 saturated heterocycles. The Hall–Kier alpha value is -3.50. The molecule has 0 spiro atoms. The first-order chi connectivity index (χ1) is 18.2. The lowest BCUT2D eigenvalue weighted by Crippen LogP contribution is -2.47. The molecule has 10 heteroatoms. The number of amides is 1. The monoisotopic (exact) mass is 503 g/mol. The number of para-hydroxylation sites is 1. The zero-order valence-electron chi connectivity index (χ0n) is 21.2. The van der Waals surface area contributed by atoms with Crippen molar-refractivity contribution in [3.05, 3.63) is 47.8 Å². The van der Waals surface area contributed by atoms with Gasteiger partial charge in [0.15, 0.2) is 0 Å². The van der Waals surface area contributed by atoms with Crippen LogP contribution in [0.2, 0.25) is 0 Å². The van der Waals surface area contributed by atoms with Crippen LogP contribution in [0.4, 0.5) is 10.5 Å². The Labute approximate surface area is 216 Å². The second-order valence-electron chi connectivity index (χ2n) is 9.95. The number of ether oxygens (including phenoxy) is 2. The molecule has 5 heterocycles. The fraction of sp³-hybridized carbons (Fsp3) is 0.481. The summed E-state index contributed by atoms with van der Waals surface area (Å²) in [6.45, 7) is 5.67. The molecule has 1 N–H and O–H groups in total. The largest absolute Gasteiger partial charge is 0.462 e. The molecule has 3 aliphatic heterocycles. The maximum Gasteiger partial charge on any atom is 0.416 e. The molecule has 1 atom stereocenters. The van der Waals surface area contributed by atoms with Crippen molar-refractivity contribution in [3.8, 4) is 11.9 Å². The van der Waals surface area contributed by atoms with Crippen molar-refractivity contribution in [3.63, 3.8) is 0 Å². The van der Waals surface area contributed by atoms with E-state index in [1.54, 1.807) is 4.90 Å². The van der Waals surface area contributed by atoms with Gasteiger partial charge in [0.2, 0.25) is 5.88 Å². The van der Waals surface area contributed by atoms with Crippen LogP contribution in [-0.4, -0.2) is 89.8 Å². The molecule has 0 radical (unpaired) electrons. The van der Waals surface area contributed by atoms with Gasteiger partial charge in [0, 0.05) is 61.6 Å². The van der Waals surface area contributed by atoms with Crippen molar-refractivity contribution in [1.29, 1.82) is 0 Å². The summed E-state index contributed by atoms with van der Waals surface area (Å²) in [5, 5.41) is 4.37. The number of piperazine rings is 1. The van der Waals surface area contributed by atoms with Gasteiger partial charge in [-0.1, -0.05) is 18.2 Å². The minimum atomic E-state index is -0.369. The fourth-order valence-corrected chi connectivity index (χ4v) is 5.44. The first-order valence-electron chi connectivity index (χ1n) is 13.1. The van der Waals surface area contributed by atoms with Gasteiger partial charge in [-0.25, -0.2) is 4.79 Å². The Morgan fingerprint density at radius 3 is 2.81 bits per heavy atom. The smallest absolute Gasteiger partial charge is 0.416 e. The van der Waals surface area contributed by atoms with Crippen LogP contribution >= 0.6 is 0 Å². The third kappa shape index (κ3) is 5.03. The lowest BCUT2D eigenvalue weighted by Gasteiger charge is -2.32. The molecule has 2 aromatic heterocycles. The van der Waals surface area contributed by atoms with Crippen LogP contribution in [0.15, 0.2) is 36.5 Å². The summed E-state index contributed by atoms with van der Waals surface area (Å²) in [5.74, 6) is 0.322. The quantitative estimate of drug-likeness (QED) is 0.563. The third-order valence-electron chi connectivity index (χ3n) is 7.61. The molecule has 0 aliphatic carbocycles. The number of fused-ring (bicyclic) bond motifs is 2. The minimum Gasteiger partial charge on any atom is -0.462 e. The van der Waals surface area contributed by atoms with Crippen molar-refractivity contribution in [2.24, 2.45) is 0 Å². The normalized spacial score (nSPS) is 20.2. The van der Waals surface area contributed by atoms with Crippen molar-refractivity contribution in [1.82, 2.24) is 30.1 Å². The Balaban J connectivity index is 1.29. The van der Waals surface area contributed by atoms with Crippen molar-refractivity contribution in [2.45, 2.75) is 31.8 Å². The molecule has 0 bridgehead atoms. The molecule has 6 rings (SSSR count). The summed E-state index contributed by atoms with van der Waals surface area (Å²) in [6.07, 6.45) is 4.40. The van der Waals surface area contributed by atoms with E-state index in [1.807, 2.05) is 30.5 Å². The van der Waals surface area contributed by atoms with Gasteiger partial charge in [0.05, 0.1) is 17.8 Å². The number of hydrogen-bond donors (Lipinski definition) is 1. The number of rotatable bonds is 5. The number of nitrogens with one attached hydrogen (secondary N) is 1. The number of benzene rings is 1. The molecule has 0 saturated carbocycles. The summed E-state index contributed by atoms with van der Waals surface area (Å²) in [4.78, 5) is 33.2. The summed E-state index contributed by atoms with van der Waals surface area (Å²) in [7, 11) is 2.12. The van der Waals surface area contributed by atoms with E-state index >= 15 is 0 Å². The van der Waals surface area contributed by atoms with E-state index in [-0.39, 0.29) is 12.1 Å². The standard InChI is InChI=1S/C27H33N7O3/c1-32-13-4-5-19(32)18-36-26-30-23-17-34(24-8-10-29-22-7-3-2-6-20(22)24)14-9-21(23)25(31-26)37-27(35)33-15-11-28-12-16-33/h2-3,6-8,10,19,28H,4-5,9,11-18H2,1H3/t19-/m0/s1. The van der Waals surface area contributed by atoms with Crippen molar-refractivity contribution < 1.29 is 14.3 Å². The van der Waals surface area contributed by atoms with Crippen molar-refractivity contribution in [2.75, 3.05) is 57.8 Å². The van der Waals surface area contributed by atoms with E-state index in [0.29, 0.717) is 44.6 Å². The van der Waals surface area contributed by atoms with Gasteiger partial charge in [-0.3, -0.25) is 4.98 Å². The SMILES string of the molecule is CN1CCC[C@H]1COc1nc2c(c(OC(=O)N3CCNCC3)n1)CCN(c1ccnc3ccccc13)C2. The van der Waals surface area contributed by atoms with E-state index in [4.69, 9.17) is 14.5 Å². The van der Waals surface area contributed by atoms with Gasteiger partial charge in [-0.05, 0) is 45.0 Å². The van der Waals surface area contributed by atoms with Crippen molar-refractivity contribution >= 4 is 22.7 Å². The highest BCUT2D eigenvalue weighted by Gasteiger charge is 2.29.